The average Bonchev–Trinajstić information content (AvgIpc) is 3.15. The van der Waals surface area contributed by atoms with E-state index in [4.69, 9.17) is 10.8 Å². The van der Waals surface area contributed by atoms with Crippen LogP contribution >= 0.6 is 0 Å². The van der Waals surface area contributed by atoms with Crippen LogP contribution in [0.5, 0.6) is 0 Å². The van der Waals surface area contributed by atoms with Crippen LogP contribution in [0.3, 0.4) is 0 Å². The van der Waals surface area contributed by atoms with Crippen molar-refractivity contribution in [3.63, 3.8) is 0 Å². The number of nitrogens with zero attached hydrogens (tertiary/aromatic N) is 1. The molecule has 0 saturated heterocycles. The summed E-state index contributed by atoms with van der Waals surface area (Å²) in [6.07, 6.45) is 2.34. The number of fused-ring (bicyclic) bond motifs is 1. The number of benzene rings is 1. The highest BCUT2D eigenvalue weighted by molar-refractivity contribution is 6.03. The highest BCUT2D eigenvalue weighted by Gasteiger charge is 2.31. The molecule has 5 nitrogen and oxygen atoms in total. The lowest BCUT2D eigenvalue weighted by atomic mass is 10.1. The number of aliphatic hydroxyl groups is 1. The second kappa shape index (κ2) is 4.26. The Labute approximate surface area is 106 Å². The van der Waals surface area contributed by atoms with Crippen molar-refractivity contribution < 1.29 is 9.90 Å². The standard InChI is InChI=1S/C13H17N3O2/c14-12-10-4-3-9(7-11(10)15-13(12)18)16(5-6-17)8-1-2-8/h3-4,7-8,12,17H,1-2,5-6,14H2,(H,15,18). The summed E-state index contributed by atoms with van der Waals surface area (Å²) in [5.41, 5.74) is 8.47. The van der Waals surface area contributed by atoms with E-state index in [1.54, 1.807) is 0 Å². The summed E-state index contributed by atoms with van der Waals surface area (Å²) in [6.45, 7) is 0.767. The Kier molecular flexibility index (Phi) is 2.72. The van der Waals surface area contributed by atoms with E-state index >= 15 is 0 Å². The molecular weight excluding hydrogens is 230 g/mol. The van der Waals surface area contributed by atoms with Gasteiger partial charge >= 0.3 is 0 Å². The minimum Gasteiger partial charge on any atom is -0.395 e. The van der Waals surface area contributed by atoms with Gasteiger partial charge in [0.05, 0.1) is 6.61 Å². The Morgan fingerprint density at radius 2 is 2.22 bits per heavy atom. The van der Waals surface area contributed by atoms with Gasteiger partial charge in [-0.1, -0.05) is 6.07 Å². The molecule has 1 aliphatic carbocycles. The predicted octanol–water partition coefficient (Wildman–Crippen LogP) is 0.600. The van der Waals surface area contributed by atoms with Gasteiger partial charge in [-0.25, -0.2) is 0 Å². The highest BCUT2D eigenvalue weighted by atomic mass is 16.3. The fraction of sp³-hybridized carbons (Fsp3) is 0.462. The summed E-state index contributed by atoms with van der Waals surface area (Å²) in [5, 5.41) is 11.9. The van der Waals surface area contributed by atoms with E-state index in [-0.39, 0.29) is 12.5 Å². The van der Waals surface area contributed by atoms with Gasteiger partial charge in [-0.15, -0.1) is 0 Å². The second-order valence-electron chi connectivity index (χ2n) is 4.89. The van der Waals surface area contributed by atoms with Crippen LogP contribution < -0.4 is 16.0 Å². The van der Waals surface area contributed by atoms with Gasteiger partial charge in [-0.05, 0) is 25.0 Å². The minimum absolute atomic E-state index is 0.138. The molecule has 2 aliphatic rings. The number of aliphatic hydroxyl groups excluding tert-OH is 1. The largest absolute Gasteiger partial charge is 0.395 e. The molecule has 1 aromatic carbocycles. The first-order chi connectivity index (χ1) is 8.70. The zero-order chi connectivity index (χ0) is 12.7. The van der Waals surface area contributed by atoms with Crippen LogP contribution in [0.4, 0.5) is 11.4 Å². The van der Waals surface area contributed by atoms with Crippen molar-refractivity contribution in [2.75, 3.05) is 23.4 Å². The molecule has 0 radical (unpaired) electrons. The van der Waals surface area contributed by atoms with E-state index < -0.39 is 6.04 Å². The first kappa shape index (κ1) is 11.5. The van der Waals surface area contributed by atoms with Gasteiger partial charge in [0, 0.05) is 29.5 Å². The van der Waals surface area contributed by atoms with Crippen molar-refractivity contribution in [2.24, 2.45) is 5.73 Å². The number of nitrogens with two attached hydrogens (primary N) is 1. The molecule has 1 fully saturated rings. The lowest BCUT2D eigenvalue weighted by Crippen LogP contribution is -2.28. The van der Waals surface area contributed by atoms with Crippen LogP contribution in [-0.4, -0.2) is 30.2 Å². The fourth-order valence-corrected chi connectivity index (χ4v) is 2.47. The van der Waals surface area contributed by atoms with Crippen LogP contribution in [0.2, 0.25) is 0 Å². The number of amides is 1. The number of rotatable bonds is 4. The monoisotopic (exact) mass is 247 g/mol. The van der Waals surface area contributed by atoms with Gasteiger partial charge in [-0.2, -0.15) is 0 Å². The molecule has 0 aromatic heterocycles. The summed E-state index contributed by atoms with van der Waals surface area (Å²) in [6, 6.07) is 5.81. The third-order valence-electron chi connectivity index (χ3n) is 3.57. The SMILES string of the molecule is NC1C(=O)Nc2cc(N(CCO)C3CC3)ccc21. The number of hydrogen-bond acceptors (Lipinski definition) is 4. The smallest absolute Gasteiger partial charge is 0.245 e. The topological polar surface area (TPSA) is 78.6 Å². The van der Waals surface area contributed by atoms with Crippen molar-refractivity contribution >= 4 is 17.3 Å². The van der Waals surface area contributed by atoms with Crippen LogP contribution in [0.1, 0.15) is 24.4 Å². The molecule has 1 amide bonds. The number of nitrogens with one attached hydrogen (secondary N) is 1. The Morgan fingerprint density at radius 1 is 1.44 bits per heavy atom. The number of hydrogen-bond donors (Lipinski definition) is 3. The summed E-state index contributed by atoms with van der Waals surface area (Å²) >= 11 is 0. The minimum atomic E-state index is -0.554. The van der Waals surface area contributed by atoms with E-state index in [2.05, 4.69) is 10.2 Å². The Bertz CT molecular complexity index is 485. The molecule has 0 spiro atoms. The molecule has 1 unspecified atom stereocenters. The van der Waals surface area contributed by atoms with Gasteiger partial charge in [0.25, 0.3) is 0 Å². The van der Waals surface area contributed by atoms with Crippen molar-refractivity contribution in [3.05, 3.63) is 23.8 Å². The van der Waals surface area contributed by atoms with Gasteiger partial charge in [0.2, 0.25) is 5.91 Å². The quantitative estimate of drug-likeness (QED) is 0.728. The van der Waals surface area contributed by atoms with Gasteiger partial charge in [0.1, 0.15) is 6.04 Å². The first-order valence-corrected chi connectivity index (χ1v) is 6.28. The van der Waals surface area contributed by atoms with E-state index in [1.165, 1.54) is 12.8 Å². The van der Waals surface area contributed by atoms with E-state index in [9.17, 15) is 4.79 Å². The number of anilines is 2. The third kappa shape index (κ3) is 1.85. The van der Waals surface area contributed by atoms with Crippen LogP contribution in [0, 0.1) is 0 Å². The molecule has 1 aliphatic heterocycles. The zero-order valence-electron chi connectivity index (χ0n) is 10.1. The number of carbonyl (C=O) groups is 1. The van der Waals surface area contributed by atoms with Gasteiger partial charge in [-0.3, -0.25) is 4.79 Å². The summed E-state index contributed by atoms with van der Waals surface area (Å²) in [4.78, 5) is 13.7. The molecular formula is C13H17N3O2. The van der Waals surface area contributed by atoms with E-state index in [0.29, 0.717) is 12.6 Å². The van der Waals surface area contributed by atoms with Crippen LogP contribution in [0.25, 0.3) is 0 Å². The second-order valence-corrected chi connectivity index (χ2v) is 4.89. The fourth-order valence-electron chi connectivity index (χ4n) is 2.47. The maximum absolute atomic E-state index is 11.5. The molecule has 1 saturated carbocycles. The van der Waals surface area contributed by atoms with E-state index in [0.717, 1.165) is 16.9 Å². The van der Waals surface area contributed by atoms with Crippen molar-refractivity contribution in [3.8, 4) is 0 Å². The molecule has 4 N–H and O–H groups in total. The highest BCUT2D eigenvalue weighted by Crippen LogP contribution is 2.36. The molecule has 0 bridgehead atoms. The first-order valence-electron chi connectivity index (χ1n) is 6.28. The van der Waals surface area contributed by atoms with Gasteiger partial charge in [0.15, 0.2) is 0 Å². The van der Waals surface area contributed by atoms with E-state index in [1.807, 2.05) is 18.2 Å². The molecule has 96 valence electrons. The Hall–Kier alpha value is -1.59. The molecule has 3 rings (SSSR count). The van der Waals surface area contributed by atoms with Crippen LogP contribution in [-0.2, 0) is 4.79 Å². The maximum atomic E-state index is 11.5. The molecule has 5 heteroatoms. The molecule has 1 atom stereocenters. The lowest BCUT2D eigenvalue weighted by Gasteiger charge is -2.24. The van der Waals surface area contributed by atoms with Crippen molar-refractivity contribution in [1.82, 2.24) is 0 Å². The third-order valence-corrected chi connectivity index (χ3v) is 3.57. The van der Waals surface area contributed by atoms with Crippen molar-refractivity contribution in [2.45, 2.75) is 24.9 Å². The normalized spacial score (nSPS) is 21.7. The predicted molar refractivity (Wildman–Crippen MR) is 69.5 cm³/mol. The Morgan fingerprint density at radius 3 is 2.89 bits per heavy atom. The molecule has 1 aromatic rings. The van der Waals surface area contributed by atoms with Crippen molar-refractivity contribution in [1.29, 1.82) is 0 Å². The van der Waals surface area contributed by atoms with Crippen LogP contribution in [0.15, 0.2) is 18.2 Å². The Balaban J connectivity index is 1.90. The number of carbonyl (C=O) groups excluding carboxylic acids is 1. The summed E-state index contributed by atoms with van der Waals surface area (Å²) in [7, 11) is 0. The maximum Gasteiger partial charge on any atom is 0.245 e. The summed E-state index contributed by atoms with van der Waals surface area (Å²) in [5.74, 6) is -0.151. The molecule has 18 heavy (non-hydrogen) atoms. The van der Waals surface area contributed by atoms with Gasteiger partial charge < -0.3 is 21.1 Å². The average molecular weight is 247 g/mol. The summed E-state index contributed by atoms with van der Waals surface area (Å²) < 4.78 is 0. The molecule has 1 heterocycles. The lowest BCUT2D eigenvalue weighted by molar-refractivity contribution is -0.116. The zero-order valence-corrected chi connectivity index (χ0v) is 10.1.